The van der Waals surface area contributed by atoms with E-state index in [4.69, 9.17) is 16.3 Å². The number of hydrogen-bond acceptors (Lipinski definition) is 4. The summed E-state index contributed by atoms with van der Waals surface area (Å²) in [7, 11) is 0. The zero-order chi connectivity index (χ0) is 19.4. The highest BCUT2D eigenvalue weighted by Gasteiger charge is 2.14. The van der Waals surface area contributed by atoms with E-state index in [0.717, 1.165) is 15.4 Å². The van der Waals surface area contributed by atoms with Crippen molar-refractivity contribution in [1.29, 1.82) is 0 Å². The maximum absolute atomic E-state index is 12.2. The van der Waals surface area contributed by atoms with Crippen LogP contribution in [0.2, 0.25) is 5.15 Å². The van der Waals surface area contributed by atoms with Gasteiger partial charge in [-0.2, -0.15) is 0 Å². The number of aromatic nitrogens is 1. The summed E-state index contributed by atoms with van der Waals surface area (Å²) in [6.45, 7) is 1.51. The zero-order valence-electron chi connectivity index (χ0n) is 14.4. The van der Waals surface area contributed by atoms with E-state index >= 15 is 0 Å². The number of carbonyl (C=O) groups excluding carboxylic acids is 2. The van der Waals surface area contributed by atoms with Crippen molar-refractivity contribution in [3.8, 4) is 0 Å². The molecule has 1 heterocycles. The second-order valence-corrected chi connectivity index (χ2v) is 7.26. The Morgan fingerprint density at radius 3 is 2.63 bits per heavy atom. The first-order valence-electron chi connectivity index (χ1n) is 8.20. The number of fused-ring (bicyclic) bond motifs is 1. The minimum atomic E-state index is -0.571. The number of pyridine rings is 1. The minimum Gasteiger partial charge on any atom is -0.452 e. The summed E-state index contributed by atoms with van der Waals surface area (Å²) >= 11 is 9.22. The molecule has 27 heavy (non-hydrogen) atoms. The lowest BCUT2D eigenvalue weighted by Gasteiger charge is -2.14. The van der Waals surface area contributed by atoms with Gasteiger partial charge in [-0.25, -0.2) is 9.78 Å². The van der Waals surface area contributed by atoms with E-state index in [0.29, 0.717) is 16.2 Å². The van der Waals surface area contributed by atoms with Crippen LogP contribution in [0.25, 0.3) is 10.9 Å². The highest BCUT2D eigenvalue weighted by molar-refractivity contribution is 9.10. The molecule has 0 saturated carbocycles. The van der Waals surface area contributed by atoms with Crippen molar-refractivity contribution in [1.82, 2.24) is 10.3 Å². The Kier molecular flexibility index (Phi) is 6.08. The number of ether oxygens (including phenoxy) is 1. The number of benzene rings is 2. The number of rotatable bonds is 5. The molecule has 1 aromatic heterocycles. The molecule has 138 valence electrons. The molecular weight excluding hydrogens is 432 g/mol. The van der Waals surface area contributed by atoms with Crippen molar-refractivity contribution in [3.05, 3.63) is 75.4 Å². The monoisotopic (exact) mass is 446 g/mol. The molecule has 5 nitrogen and oxygen atoms in total. The molecule has 0 spiro atoms. The molecule has 3 aromatic rings. The fraction of sp³-hybridized carbons (Fsp3) is 0.150. The molecule has 3 rings (SSSR count). The second-order valence-electron chi connectivity index (χ2n) is 5.96. The third kappa shape index (κ3) is 5.05. The van der Waals surface area contributed by atoms with Crippen molar-refractivity contribution < 1.29 is 14.3 Å². The van der Waals surface area contributed by atoms with Crippen molar-refractivity contribution >= 4 is 50.3 Å². The largest absolute Gasteiger partial charge is 0.452 e. The van der Waals surface area contributed by atoms with Gasteiger partial charge in [0.25, 0.3) is 5.91 Å². The normalized spacial score (nSPS) is 11.8. The number of hydrogen-bond donors (Lipinski definition) is 1. The molecule has 1 amide bonds. The summed E-state index contributed by atoms with van der Waals surface area (Å²) in [6, 6.07) is 15.8. The SMILES string of the molecule is CC(NC(=O)COC(=O)c1ccc2nc(Cl)ccc2c1)c1ccc(Br)cc1. The fourth-order valence-electron chi connectivity index (χ4n) is 2.56. The van der Waals surface area contributed by atoms with E-state index in [1.807, 2.05) is 31.2 Å². The number of nitrogens with zero attached hydrogens (tertiary/aromatic N) is 1. The van der Waals surface area contributed by atoms with Gasteiger partial charge in [-0.05, 0) is 55.0 Å². The molecule has 0 bridgehead atoms. The van der Waals surface area contributed by atoms with E-state index < -0.39 is 5.97 Å². The number of halogens is 2. The molecule has 0 fully saturated rings. The smallest absolute Gasteiger partial charge is 0.338 e. The van der Waals surface area contributed by atoms with E-state index in [9.17, 15) is 9.59 Å². The first kappa shape index (κ1) is 19.3. The summed E-state index contributed by atoms with van der Waals surface area (Å²) in [5.41, 5.74) is 1.99. The van der Waals surface area contributed by atoms with Gasteiger partial charge in [-0.15, -0.1) is 0 Å². The average molecular weight is 448 g/mol. The quantitative estimate of drug-likeness (QED) is 0.455. The molecule has 0 radical (unpaired) electrons. The Bertz CT molecular complexity index is 992. The van der Waals surface area contributed by atoms with Crippen LogP contribution in [-0.4, -0.2) is 23.5 Å². The van der Waals surface area contributed by atoms with Crippen molar-refractivity contribution in [2.24, 2.45) is 0 Å². The Hall–Kier alpha value is -2.44. The molecule has 0 aliphatic rings. The molecule has 2 aromatic carbocycles. The van der Waals surface area contributed by atoms with E-state index in [2.05, 4.69) is 26.2 Å². The van der Waals surface area contributed by atoms with Crippen LogP contribution < -0.4 is 5.32 Å². The molecular formula is C20H16BrClN2O3. The van der Waals surface area contributed by atoms with E-state index in [1.165, 1.54) is 0 Å². The van der Waals surface area contributed by atoms with Crippen LogP contribution in [0.5, 0.6) is 0 Å². The van der Waals surface area contributed by atoms with Crippen LogP contribution in [0.15, 0.2) is 59.1 Å². The Labute approximate surface area is 169 Å². The number of amides is 1. The predicted octanol–water partition coefficient (Wildman–Crippen LogP) is 4.68. The van der Waals surface area contributed by atoms with Crippen LogP contribution in [0.4, 0.5) is 0 Å². The Morgan fingerprint density at radius 2 is 1.89 bits per heavy atom. The molecule has 0 aliphatic carbocycles. The Balaban J connectivity index is 1.57. The van der Waals surface area contributed by atoms with Crippen molar-refractivity contribution in [2.75, 3.05) is 6.61 Å². The lowest BCUT2D eigenvalue weighted by molar-refractivity contribution is -0.124. The van der Waals surface area contributed by atoms with Gasteiger partial charge in [0.15, 0.2) is 6.61 Å². The fourth-order valence-corrected chi connectivity index (χ4v) is 2.98. The average Bonchev–Trinajstić information content (AvgIpc) is 2.66. The van der Waals surface area contributed by atoms with Gasteiger partial charge in [0, 0.05) is 9.86 Å². The predicted molar refractivity (Wildman–Crippen MR) is 108 cm³/mol. The highest BCUT2D eigenvalue weighted by atomic mass is 79.9. The number of esters is 1. The summed E-state index contributed by atoms with van der Waals surface area (Å²) in [6.07, 6.45) is 0. The zero-order valence-corrected chi connectivity index (χ0v) is 16.8. The third-order valence-corrected chi connectivity index (χ3v) is 4.71. The molecule has 7 heteroatoms. The van der Waals surface area contributed by atoms with Gasteiger partial charge in [-0.3, -0.25) is 4.79 Å². The van der Waals surface area contributed by atoms with Crippen molar-refractivity contribution in [2.45, 2.75) is 13.0 Å². The second kappa shape index (κ2) is 8.50. The molecule has 0 aliphatic heterocycles. The lowest BCUT2D eigenvalue weighted by Crippen LogP contribution is -2.31. The van der Waals surface area contributed by atoms with Gasteiger partial charge in [0.1, 0.15) is 5.15 Å². The maximum Gasteiger partial charge on any atom is 0.338 e. The maximum atomic E-state index is 12.2. The summed E-state index contributed by atoms with van der Waals surface area (Å²) in [5, 5.41) is 3.95. The van der Waals surface area contributed by atoms with Crippen LogP contribution in [-0.2, 0) is 9.53 Å². The van der Waals surface area contributed by atoms with Gasteiger partial charge >= 0.3 is 5.97 Å². The minimum absolute atomic E-state index is 0.194. The lowest BCUT2D eigenvalue weighted by atomic mass is 10.1. The van der Waals surface area contributed by atoms with E-state index in [1.54, 1.807) is 30.3 Å². The van der Waals surface area contributed by atoms with Crippen LogP contribution in [0, 0.1) is 0 Å². The molecule has 1 atom stereocenters. The topological polar surface area (TPSA) is 68.3 Å². The summed E-state index contributed by atoms with van der Waals surface area (Å²) in [5.74, 6) is -0.939. The van der Waals surface area contributed by atoms with Crippen LogP contribution in [0.1, 0.15) is 28.9 Å². The number of carbonyl (C=O) groups is 2. The molecule has 0 saturated heterocycles. The summed E-state index contributed by atoms with van der Waals surface area (Å²) < 4.78 is 6.08. The standard InChI is InChI=1S/C20H16BrClN2O3/c1-12(13-2-6-16(21)7-3-13)23-19(25)11-27-20(26)15-4-8-17-14(10-15)5-9-18(22)24-17/h2-10,12H,11H2,1H3,(H,23,25). The highest BCUT2D eigenvalue weighted by Crippen LogP contribution is 2.18. The molecule has 1 unspecified atom stereocenters. The first-order valence-corrected chi connectivity index (χ1v) is 9.38. The van der Waals surface area contributed by atoms with Gasteiger partial charge in [-0.1, -0.05) is 39.7 Å². The first-order chi connectivity index (χ1) is 12.9. The van der Waals surface area contributed by atoms with Gasteiger partial charge in [0.05, 0.1) is 17.1 Å². The van der Waals surface area contributed by atoms with Crippen LogP contribution >= 0.6 is 27.5 Å². The van der Waals surface area contributed by atoms with Gasteiger partial charge < -0.3 is 10.1 Å². The number of nitrogens with one attached hydrogen (secondary N) is 1. The van der Waals surface area contributed by atoms with Gasteiger partial charge in [0.2, 0.25) is 0 Å². The third-order valence-electron chi connectivity index (χ3n) is 3.97. The molecule has 1 N–H and O–H groups in total. The summed E-state index contributed by atoms with van der Waals surface area (Å²) in [4.78, 5) is 28.4. The van der Waals surface area contributed by atoms with E-state index in [-0.39, 0.29) is 18.6 Å². The van der Waals surface area contributed by atoms with Crippen molar-refractivity contribution in [3.63, 3.8) is 0 Å². The van der Waals surface area contributed by atoms with Crippen LogP contribution in [0.3, 0.4) is 0 Å². The Morgan fingerprint density at radius 1 is 1.15 bits per heavy atom.